The molecule has 10 rings (SSSR count). The second kappa shape index (κ2) is 18.8. The standard InChI is InChI=1S/C45H41N4O.C17H20N.Ir/c1-25-21-30(41-47-42(44(4,5)6)49-43(48-41)45(7,8)9)22-26(2)37(25)35-23-36(46-24-27(35)3)34-16-12-15-32-33-20-19-29-18-17-28-13-10-11-14-31(28)38(29)40(33)50-39(32)34;1-13-5-8-15(9-6-13)16-10-7-14(12-18-16)11-17(2,3)4;/h10-15,17-24H,1-9H3;5-8,10,12H,11H2,1-4H3;/q2*-1;/i;1D3,11D2;. The fourth-order valence-corrected chi connectivity index (χ4v) is 8.74. The van der Waals surface area contributed by atoms with Crippen LogP contribution in [-0.4, -0.2) is 24.9 Å². The first-order chi connectivity index (χ1) is 34.2. The monoisotopic (exact) mass is 1090 g/mol. The van der Waals surface area contributed by atoms with Crippen LogP contribution in [0.25, 0.3) is 88.5 Å². The largest absolute Gasteiger partial charge is 0.500 e. The minimum absolute atomic E-state index is 0. The number of hydrogen-bond donors (Lipinski definition) is 0. The summed E-state index contributed by atoms with van der Waals surface area (Å²) in [5.41, 5.74) is 11.2. The van der Waals surface area contributed by atoms with Crippen molar-refractivity contribution in [3.8, 4) is 45.0 Å². The quantitative estimate of drug-likeness (QED) is 0.126. The van der Waals surface area contributed by atoms with Crippen LogP contribution in [0.3, 0.4) is 0 Å². The second-order valence-electron chi connectivity index (χ2n) is 21.0. The number of pyridine rings is 2. The zero-order chi connectivity index (χ0) is 52.6. The molecule has 0 saturated carbocycles. The van der Waals surface area contributed by atoms with Gasteiger partial charge in [0.1, 0.15) is 17.2 Å². The second-order valence-corrected chi connectivity index (χ2v) is 21.0. The number of furan rings is 1. The van der Waals surface area contributed by atoms with Crippen molar-refractivity contribution < 1.29 is 31.4 Å². The van der Waals surface area contributed by atoms with Gasteiger partial charge in [-0.3, -0.25) is 0 Å². The number of nitrogens with zero attached hydrogens (tertiary/aromatic N) is 5. The Bertz CT molecular complexity index is 3680. The van der Waals surface area contributed by atoms with Gasteiger partial charge in [0.25, 0.3) is 0 Å². The molecule has 0 amide bonds. The Morgan fingerprint density at radius 1 is 0.623 bits per heavy atom. The van der Waals surface area contributed by atoms with Crippen LogP contribution in [0.5, 0.6) is 0 Å². The zero-order valence-corrected chi connectivity index (χ0v) is 43.9. The SMILES string of the molecule is Cc1cnc(-c2[c-]ccc3c2oc2c3ccc3ccc4ccccc4c32)cc1-c1c(C)cc(-c2nc(C(C)(C)C)nc(C(C)(C)C)n2)cc1C.[2H]C([2H])([2H])c1c[c-]c(-c2ccc(C([2H])([2H])C(C)(C)C)cn2)cc1.[Ir]. The topological polar surface area (TPSA) is 77.6 Å². The summed E-state index contributed by atoms with van der Waals surface area (Å²) in [6.45, 7) is 22.8. The smallest absolute Gasteiger partial charge is 0.163 e. The third kappa shape index (κ3) is 10.2. The van der Waals surface area contributed by atoms with Crippen molar-refractivity contribution in [2.45, 2.75) is 107 Å². The molecular weight excluding hydrogens is 1020 g/mol. The van der Waals surface area contributed by atoms with E-state index in [0.29, 0.717) is 22.6 Å². The summed E-state index contributed by atoms with van der Waals surface area (Å²) in [4.78, 5) is 24.1. The van der Waals surface area contributed by atoms with Crippen molar-refractivity contribution >= 4 is 43.5 Å². The summed E-state index contributed by atoms with van der Waals surface area (Å²) in [7, 11) is 0. The van der Waals surface area contributed by atoms with Gasteiger partial charge in [-0.05, 0) is 106 Å². The molecule has 4 aromatic heterocycles. The molecule has 351 valence electrons. The summed E-state index contributed by atoms with van der Waals surface area (Å²) < 4.78 is 45.4. The van der Waals surface area contributed by atoms with Crippen LogP contribution in [0.1, 0.15) is 109 Å². The Morgan fingerprint density at radius 2 is 1.29 bits per heavy atom. The predicted molar refractivity (Wildman–Crippen MR) is 283 cm³/mol. The molecule has 6 nitrogen and oxygen atoms in total. The van der Waals surface area contributed by atoms with Crippen LogP contribution >= 0.6 is 0 Å². The van der Waals surface area contributed by atoms with Gasteiger partial charge in [0.2, 0.25) is 0 Å². The maximum atomic E-state index is 8.25. The molecule has 4 heterocycles. The molecule has 0 atom stereocenters. The Morgan fingerprint density at radius 3 is 1.93 bits per heavy atom. The first kappa shape index (κ1) is 42.7. The molecule has 10 aromatic rings. The van der Waals surface area contributed by atoms with E-state index in [9.17, 15) is 0 Å². The first-order valence-corrected chi connectivity index (χ1v) is 23.2. The normalized spacial score (nSPS) is 13.5. The van der Waals surface area contributed by atoms with E-state index >= 15 is 0 Å². The summed E-state index contributed by atoms with van der Waals surface area (Å²) in [6, 6.07) is 42.4. The molecule has 0 spiro atoms. The Balaban J connectivity index is 0.000000256. The van der Waals surface area contributed by atoms with E-state index in [0.717, 1.165) is 83.4 Å². The molecule has 0 unspecified atom stereocenters. The van der Waals surface area contributed by atoms with Crippen LogP contribution in [0, 0.1) is 45.2 Å². The third-order valence-electron chi connectivity index (χ3n) is 12.1. The van der Waals surface area contributed by atoms with Gasteiger partial charge in [0.15, 0.2) is 5.82 Å². The van der Waals surface area contributed by atoms with E-state index in [1.54, 1.807) is 24.3 Å². The van der Waals surface area contributed by atoms with Crippen molar-refractivity contribution in [3.63, 3.8) is 0 Å². The number of aryl methyl sites for hydroxylation is 4. The van der Waals surface area contributed by atoms with Gasteiger partial charge in [-0.25, -0.2) is 15.0 Å². The predicted octanol–water partition coefficient (Wildman–Crippen LogP) is 16.2. The molecule has 0 fully saturated rings. The molecule has 0 N–H and O–H groups in total. The molecule has 0 aliphatic heterocycles. The number of benzene rings is 6. The molecule has 69 heavy (non-hydrogen) atoms. The first-order valence-electron chi connectivity index (χ1n) is 25.7. The molecule has 1 radical (unpaired) electrons. The molecular formula is C62H61IrN5O-2. The summed E-state index contributed by atoms with van der Waals surface area (Å²) in [5, 5.41) is 6.83. The fraction of sp³-hybridized carbons (Fsp3) is 0.274. The molecule has 6 aromatic carbocycles. The number of fused-ring (bicyclic) bond motifs is 7. The molecule has 0 saturated heterocycles. The molecule has 0 aliphatic rings. The number of rotatable bonds is 5. The van der Waals surface area contributed by atoms with Crippen LogP contribution in [-0.2, 0) is 37.3 Å². The number of aromatic nitrogens is 5. The minimum Gasteiger partial charge on any atom is -0.500 e. The number of hydrogen-bond acceptors (Lipinski definition) is 6. The maximum absolute atomic E-state index is 8.25. The Kier molecular flexibility index (Phi) is 11.6. The fourth-order valence-electron chi connectivity index (χ4n) is 8.74. The van der Waals surface area contributed by atoms with E-state index < -0.39 is 18.6 Å². The van der Waals surface area contributed by atoms with E-state index in [4.69, 9.17) is 31.2 Å². The van der Waals surface area contributed by atoms with Crippen LogP contribution in [0.4, 0.5) is 0 Å². The van der Waals surface area contributed by atoms with Crippen molar-refractivity contribution in [3.05, 3.63) is 173 Å². The molecule has 7 heteroatoms. The van der Waals surface area contributed by atoms with Gasteiger partial charge >= 0.3 is 0 Å². The van der Waals surface area contributed by atoms with Gasteiger partial charge in [0.05, 0.1) is 5.58 Å². The van der Waals surface area contributed by atoms with E-state index in [2.05, 4.69) is 152 Å². The maximum Gasteiger partial charge on any atom is 0.163 e. The summed E-state index contributed by atoms with van der Waals surface area (Å²) >= 11 is 0. The minimum atomic E-state index is -2.14. The molecule has 0 bridgehead atoms. The van der Waals surface area contributed by atoms with E-state index in [-0.39, 0.29) is 36.5 Å². The van der Waals surface area contributed by atoms with Crippen molar-refractivity contribution in [2.24, 2.45) is 5.41 Å². The van der Waals surface area contributed by atoms with E-state index in [1.165, 1.54) is 28.6 Å². The van der Waals surface area contributed by atoms with Gasteiger partial charge in [-0.2, -0.15) is 0 Å². The average Bonchev–Trinajstić information content (AvgIpc) is 3.72. The van der Waals surface area contributed by atoms with Crippen molar-refractivity contribution in [1.29, 1.82) is 0 Å². The van der Waals surface area contributed by atoms with Gasteiger partial charge in [-0.15, -0.1) is 53.6 Å². The summed E-state index contributed by atoms with van der Waals surface area (Å²) in [5.74, 6) is 2.32. The van der Waals surface area contributed by atoms with Crippen molar-refractivity contribution in [2.75, 3.05) is 0 Å². The molecule has 0 aliphatic carbocycles. The third-order valence-corrected chi connectivity index (χ3v) is 12.1. The van der Waals surface area contributed by atoms with Crippen molar-refractivity contribution in [1.82, 2.24) is 24.9 Å². The van der Waals surface area contributed by atoms with Crippen LogP contribution in [0.15, 0.2) is 126 Å². The van der Waals surface area contributed by atoms with Gasteiger partial charge < -0.3 is 14.4 Å². The summed E-state index contributed by atoms with van der Waals surface area (Å²) in [6.07, 6.45) is 2.01. The van der Waals surface area contributed by atoms with Crippen LogP contribution < -0.4 is 0 Å². The average molecular weight is 1090 g/mol. The van der Waals surface area contributed by atoms with E-state index in [1.807, 2.05) is 33.0 Å². The Hall–Kier alpha value is -6.40. The van der Waals surface area contributed by atoms with Crippen LogP contribution in [0.2, 0.25) is 0 Å². The van der Waals surface area contributed by atoms with Gasteiger partial charge in [0, 0.05) is 66.5 Å². The van der Waals surface area contributed by atoms with Gasteiger partial charge in [-0.1, -0.05) is 147 Å². The Labute approximate surface area is 428 Å². The zero-order valence-electron chi connectivity index (χ0n) is 46.5.